The summed E-state index contributed by atoms with van der Waals surface area (Å²) in [5.74, 6) is 0.181. The monoisotopic (exact) mass is 590 g/mol. The van der Waals surface area contributed by atoms with Crippen molar-refractivity contribution < 1.29 is 13.9 Å². The molecule has 1 amide bonds. The van der Waals surface area contributed by atoms with Gasteiger partial charge in [-0.05, 0) is 63.3 Å². The molecule has 0 spiro atoms. The van der Waals surface area contributed by atoms with Gasteiger partial charge in [0, 0.05) is 58.3 Å². The van der Waals surface area contributed by atoms with E-state index in [0.717, 1.165) is 52.3 Å². The van der Waals surface area contributed by atoms with Gasteiger partial charge in [0.1, 0.15) is 23.9 Å². The van der Waals surface area contributed by atoms with Crippen LogP contribution in [0.4, 0.5) is 10.1 Å². The quantitative estimate of drug-likeness (QED) is 0.187. The number of nitrogens with zero attached hydrogens (tertiary/aromatic N) is 5. The summed E-state index contributed by atoms with van der Waals surface area (Å²) in [6.07, 6.45) is 9.77. The number of carbonyl (C=O) groups is 1. The van der Waals surface area contributed by atoms with Gasteiger partial charge in [0.25, 0.3) is 0 Å². The molecule has 1 aliphatic carbocycles. The molecule has 11 heteroatoms. The normalized spacial score (nSPS) is 13.5. The van der Waals surface area contributed by atoms with E-state index in [9.17, 15) is 9.18 Å². The summed E-state index contributed by atoms with van der Waals surface area (Å²) in [4.78, 5) is 31.5. The van der Waals surface area contributed by atoms with Crippen LogP contribution in [0.25, 0.3) is 55.7 Å². The van der Waals surface area contributed by atoms with Crippen LogP contribution < -0.4 is 10.1 Å². The van der Waals surface area contributed by atoms with Gasteiger partial charge in [0.2, 0.25) is 5.91 Å². The van der Waals surface area contributed by atoms with Gasteiger partial charge in [-0.1, -0.05) is 6.42 Å². The van der Waals surface area contributed by atoms with Gasteiger partial charge < -0.3 is 19.9 Å². The number of nitrogens with one attached hydrogen (secondary N) is 3. The molecule has 0 aliphatic heterocycles. The molecule has 44 heavy (non-hydrogen) atoms. The smallest absolute Gasteiger partial charge is 0.227 e. The van der Waals surface area contributed by atoms with Crippen molar-refractivity contribution in [3.63, 3.8) is 0 Å². The summed E-state index contributed by atoms with van der Waals surface area (Å²) in [5.41, 5.74) is 6.48. The van der Waals surface area contributed by atoms with E-state index < -0.39 is 5.82 Å². The first-order chi connectivity index (χ1) is 21.4. The van der Waals surface area contributed by atoms with Crippen molar-refractivity contribution in [3.05, 3.63) is 73.1 Å². The number of hydrogen-bond donors (Lipinski definition) is 3. The number of anilines is 1. The van der Waals surface area contributed by atoms with E-state index in [-0.39, 0.29) is 11.8 Å². The molecule has 1 fully saturated rings. The average Bonchev–Trinajstić information content (AvgIpc) is 3.59. The van der Waals surface area contributed by atoms with Crippen molar-refractivity contribution in [3.8, 4) is 39.7 Å². The van der Waals surface area contributed by atoms with Crippen LogP contribution in [0.1, 0.15) is 19.3 Å². The third-order valence-corrected chi connectivity index (χ3v) is 7.98. The molecule has 1 saturated carbocycles. The van der Waals surface area contributed by atoms with Crippen LogP contribution in [0.5, 0.6) is 5.75 Å². The highest BCUT2D eigenvalue weighted by atomic mass is 19.1. The average molecular weight is 591 g/mol. The Kier molecular flexibility index (Phi) is 7.23. The van der Waals surface area contributed by atoms with Crippen LogP contribution in [0, 0.1) is 11.7 Å². The predicted molar refractivity (Wildman–Crippen MR) is 168 cm³/mol. The number of hydrogen-bond acceptors (Lipinski definition) is 7. The van der Waals surface area contributed by atoms with E-state index in [0.29, 0.717) is 47.2 Å². The van der Waals surface area contributed by atoms with E-state index in [1.807, 2.05) is 49.3 Å². The van der Waals surface area contributed by atoms with Crippen molar-refractivity contribution in [2.75, 3.05) is 32.6 Å². The lowest BCUT2D eigenvalue weighted by atomic mass is 9.85. The van der Waals surface area contributed by atoms with Gasteiger partial charge >= 0.3 is 0 Å². The summed E-state index contributed by atoms with van der Waals surface area (Å²) in [5, 5.41) is 12.3. The van der Waals surface area contributed by atoms with Crippen molar-refractivity contribution in [1.82, 2.24) is 35.0 Å². The number of ether oxygens (including phenoxy) is 1. The molecule has 5 heterocycles. The van der Waals surface area contributed by atoms with Crippen molar-refractivity contribution in [2.45, 2.75) is 19.3 Å². The Hall–Kier alpha value is -5.16. The zero-order valence-electron chi connectivity index (χ0n) is 24.4. The predicted octanol–water partition coefficient (Wildman–Crippen LogP) is 6.05. The largest absolute Gasteiger partial charge is 0.492 e. The molecular formula is C33H31FN8O2. The molecule has 6 aromatic rings. The molecular weight excluding hydrogens is 559 g/mol. The number of amides is 1. The Morgan fingerprint density at radius 1 is 1.00 bits per heavy atom. The van der Waals surface area contributed by atoms with Crippen LogP contribution >= 0.6 is 0 Å². The van der Waals surface area contributed by atoms with Crippen molar-refractivity contribution in [2.24, 2.45) is 5.92 Å². The van der Waals surface area contributed by atoms with Gasteiger partial charge in [-0.25, -0.2) is 4.39 Å². The van der Waals surface area contributed by atoms with Crippen LogP contribution in [0.3, 0.4) is 0 Å². The number of aromatic nitrogens is 6. The van der Waals surface area contributed by atoms with Crippen LogP contribution in [-0.2, 0) is 4.79 Å². The van der Waals surface area contributed by atoms with Crippen LogP contribution in [0.2, 0.25) is 0 Å². The number of H-pyrrole nitrogens is 2. The number of rotatable bonds is 9. The summed E-state index contributed by atoms with van der Waals surface area (Å²) < 4.78 is 20.5. The minimum Gasteiger partial charge on any atom is -0.492 e. The molecule has 0 atom stereocenters. The Labute approximate surface area is 252 Å². The highest BCUT2D eigenvalue weighted by Crippen LogP contribution is 2.35. The Morgan fingerprint density at radius 3 is 2.68 bits per heavy atom. The molecule has 1 aliphatic rings. The van der Waals surface area contributed by atoms with Crippen LogP contribution in [0.15, 0.2) is 67.3 Å². The van der Waals surface area contributed by atoms with Gasteiger partial charge in [-0.3, -0.25) is 24.8 Å². The molecule has 10 nitrogen and oxygen atoms in total. The van der Waals surface area contributed by atoms with E-state index in [1.54, 1.807) is 24.8 Å². The molecule has 7 rings (SSSR count). The van der Waals surface area contributed by atoms with E-state index in [2.05, 4.69) is 35.5 Å². The second-order valence-corrected chi connectivity index (χ2v) is 11.4. The maximum Gasteiger partial charge on any atom is 0.227 e. The second kappa shape index (κ2) is 11.5. The first-order valence-electron chi connectivity index (χ1n) is 14.6. The van der Waals surface area contributed by atoms with Crippen molar-refractivity contribution >= 4 is 33.4 Å². The number of halogens is 1. The van der Waals surface area contributed by atoms with Gasteiger partial charge in [-0.2, -0.15) is 5.10 Å². The number of benzene rings is 1. The highest BCUT2D eigenvalue weighted by molar-refractivity contribution is 6.00. The molecule has 1 aromatic carbocycles. The van der Waals surface area contributed by atoms with Gasteiger partial charge in [0.15, 0.2) is 0 Å². The van der Waals surface area contributed by atoms with E-state index in [1.165, 1.54) is 12.1 Å². The molecule has 5 aromatic heterocycles. The lowest BCUT2D eigenvalue weighted by Crippen LogP contribution is -2.28. The molecule has 3 N–H and O–H groups in total. The molecule has 0 unspecified atom stereocenters. The summed E-state index contributed by atoms with van der Waals surface area (Å²) in [6, 6.07) is 12.4. The van der Waals surface area contributed by atoms with E-state index in [4.69, 9.17) is 4.74 Å². The molecule has 222 valence electrons. The zero-order chi connectivity index (χ0) is 30.2. The third kappa shape index (κ3) is 5.49. The number of pyridine rings is 3. The number of likely N-dealkylation sites (N-methyl/N-ethyl adjacent to an activating group) is 1. The highest BCUT2D eigenvalue weighted by Gasteiger charge is 2.25. The van der Waals surface area contributed by atoms with Crippen molar-refractivity contribution in [1.29, 1.82) is 0 Å². The summed E-state index contributed by atoms with van der Waals surface area (Å²) in [6.45, 7) is 1.16. The van der Waals surface area contributed by atoms with E-state index >= 15 is 0 Å². The van der Waals surface area contributed by atoms with Gasteiger partial charge in [0.05, 0.1) is 40.7 Å². The number of carbonyl (C=O) groups excluding carboxylic acids is 1. The Morgan fingerprint density at radius 2 is 1.86 bits per heavy atom. The summed E-state index contributed by atoms with van der Waals surface area (Å²) in [7, 11) is 3.92. The first kappa shape index (κ1) is 27.7. The number of aromatic amines is 2. The summed E-state index contributed by atoms with van der Waals surface area (Å²) >= 11 is 0. The Balaban J connectivity index is 1.21. The molecule has 0 saturated heterocycles. The maximum absolute atomic E-state index is 14.7. The SMILES string of the molecule is CN(C)CCOc1cc(F)cc(-c2nccc3[nH]c(-c4n[nH]c5cnc(-c6cncc(NC(=O)C7CCC7)c6)cc45)cc23)c1. The minimum atomic E-state index is -0.392. The lowest BCUT2D eigenvalue weighted by Gasteiger charge is -2.24. The fourth-order valence-corrected chi connectivity index (χ4v) is 5.38. The maximum atomic E-state index is 14.7. The Bertz CT molecular complexity index is 2000. The lowest BCUT2D eigenvalue weighted by molar-refractivity contribution is -0.122. The topological polar surface area (TPSA) is 125 Å². The second-order valence-electron chi connectivity index (χ2n) is 11.4. The van der Waals surface area contributed by atoms with Crippen LogP contribution in [-0.4, -0.2) is 68.2 Å². The van der Waals surface area contributed by atoms with Gasteiger partial charge in [-0.15, -0.1) is 0 Å². The minimum absolute atomic E-state index is 0.0368. The molecule has 0 bridgehead atoms. The molecule has 0 radical (unpaired) electrons. The standard InChI is InChI=1S/C33H31FN8O2/c1-42(2)8-9-44-24-12-20(10-22(34)13-24)31-25-15-29(39-27(25)6-7-36-31)32-26-14-28(37-18-30(26)40-41-32)21-11-23(17-35-16-21)38-33(43)19-4-3-5-19/h6-7,10-19,39H,3-5,8-9H2,1-2H3,(H,38,43)(H,40,41). The first-order valence-corrected chi connectivity index (χ1v) is 14.6. The fraction of sp³-hybridized carbons (Fsp3) is 0.242. The third-order valence-electron chi connectivity index (χ3n) is 7.98. The fourth-order valence-electron chi connectivity index (χ4n) is 5.38. The number of fused-ring (bicyclic) bond motifs is 2. The zero-order valence-corrected chi connectivity index (χ0v) is 24.4.